The second kappa shape index (κ2) is 5.31. The Hall–Kier alpha value is -2.39. The quantitative estimate of drug-likeness (QED) is 0.789. The fourth-order valence-corrected chi connectivity index (χ4v) is 2.36. The van der Waals surface area contributed by atoms with Crippen molar-refractivity contribution < 1.29 is 4.74 Å². The van der Waals surface area contributed by atoms with Gasteiger partial charge in [0.2, 0.25) is 0 Å². The van der Waals surface area contributed by atoms with Crippen LogP contribution in [0.3, 0.4) is 0 Å². The third-order valence-electron chi connectivity index (χ3n) is 3.41. The molecule has 0 aliphatic rings. The molecule has 1 aromatic heterocycles. The van der Waals surface area contributed by atoms with E-state index in [9.17, 15) is 0 Å². The predicted molar refractivity (Wildman–Crippen MR) is 81.6 cm³/mol. The van der Waals surface area contributed by atoms with Crippen LogP contribution in [-0.2, 0) is 6.54 Å². The molecule has 0 bridgehead atoms. The maximum atomic E-state index is 5.71. The SMILES string of the molecule is COc1ccc2c(-c3cccc(CN)c3)nccc2c1. The van der Waals surface area contributed by atoms with Crippen molar-refractivity contribution in [3.8, 4) is 17.0 Å². The molecule has 3 aromatic rings. The van der Waals surface area contributed by atoms with E-state index < -0.39 is 0 Å². The number of hydrogen-bond donors (Lipinski definition) is 1. The van der Waals surface area contributed by atoms with Gasteiger partial charge >= 0.3 is 0 Å². The number of aromatic nitrogens is 1. The van der Waals surface area contributed by atoms with Crippen molar-refractivity contribution >= 4 is 10.8 Å². The van der Waals surface area contributed by atoms with E-state index in [1.165, 1.54) is 0 Å². The van der Waals surface area contributed by atoms with Gasteiger partial charge in [-0.3, -0.25) is 4.98 Å². The molecule has 0 amide bonds. The highest BCUT2D eigenvalue weighted by Crippen LogP contribution is 2.29. The Kier molecular flexibility index (Phi) is 3.35. The molecule has 3 rings (SSSR count). The smallest absolute Gasteiger partial charge is 0.119 e. The highest BCUT2D eigenvalue weighted by atomic mass is 16.5. The topological polar surface area (TPSA) is 48.1 Å². The second-order valence-corrected chi connectivity index (χ2v) is 4.65. The number of nitrogens with two attached hydrogens (primary N) is 1. The van der Waals surface area contributed by atoms with Gasteiger partial charge in [0.15, 0.2) is 0 Å². The van der Waals surface area contributed by atoms with Crippen molar-refractivity contribution in [2.24, 2.45) is 5.73 Å². The Morgan fingerprint density at radius 2 is 2.00 bits per heavy atom. The zero-order chi connectivity index (χ0) is 13.9. The zero-order valence-corrected chi connectivity index (χ0v) is 11.3. The van der Waals surface area contributed by atoms with Gasteiger partial charge in [-0.05, 0) is 41.3 Å². The van der Waals surface area contributed by atoms with Gasteiger partial charge in [-0.2, -0.15) is 0 Å². The molecule has 0 saturated heterocycles. The monoisotopic (exact) mass is 264 g/mol. The van der Waals surface area contributed by atoms with Crippen molar-refractivity contribution in [3.05, 3.63) is 60.3 Å². The van der Waals surface area contributed by atoms with Gasteiger partial charge in [0.1, 0.15) is 5.75 Å². The summed E-state index contributed by atoms with van der Waals surface area (Å²) in [6.45, 7) is 0.534. The third-order valence-corrected chi connectivity index (χ3v) is 3.41. The first-order valence-corrected chi connectivity index (χ1v) is 6.54. The number of nitrogens with zero attached hydrogens (tertiary/aromatic N) is 1. The summed E-state index contributed by atoms with van der Waals surface area (Å²) in [5.41, 5.74) is 8.88. The van der Waals surface area contributed by atoms with E-state index in [1.54, 1.807) is 7.11 Å². The minimum absolute atomic E-state index is 0.534. The Balaban J connectivity index is 2.20. The lowest BCUT2D eigenvalue weighted by Crippen LogP contribution is -1.96. The molecule has 0 fully saturated rings. The zero-order valence-electron chi connectivity index (χ0n) is 11.3. The van der Waals surface area contributed by atoms with Crippen molar-refractivity contribution in [1.82, 2.24) is 4.98 Å². The van der Waals surface area contributed by atoms with Gasteiger partial charge in [0, 0.05) is 23.7 Å². The first-order chi connectivity index (χ1) is 9.81. The third kappa shape index (κ3) is 2.24. The fourth-order valence-electron chi connectivity index (χ4n) is 2.36. The molecule has 0 spiro atoms. The Morgan fingerprint density at radius 3 is 2.80 bits per heavy atom. The average molecular weight is 264 g/mol. The van der Waals surface area contributed by atoms with E-state index in [-0.39, 0.29) is 0 Å². The largest absolute Gasteiger partial charge is 0.497 e. The van der Waals surface area contributed by atoms with Crippen LogP contribution in [-0.4, -0.2) is 12.1 Å². The van der Waals surface area contributed by atoms with Gasteiger partial charge in [-0.25, -0.2) is 0 Å². The van der Waals surface area contributed by atoms with Crippen LogP contribution < -0.4 is 10.5 Å². The van der Waals surface area contributed by atoms with E-state index in [4.69, 9.17) is 10.5 Å². The standard InChI is InChI=1S/C17H16N2O/c1-20-15-5-6-16-13(10-15)7-8-19-17(16)14-4-2-3-12(9-14)11-18/h2-10H,11,18H2,1H3. The summed E-state index contributed by atoms with van der Waals surface area (Å²) in [4.78, 5) is 4.53. The molecule has 20 heavy (non-hydrogen) atoms. The molecule has 0 saturated carbocycles. The van der Waals surface area contributed by atoms with Crippen molar-refractivity contribution in [1.29, 1.82) is 0 Å². The summed E-state index contributed by atoms with van der Waals surface area (Å²) in [6.07, 6.45) is 1.83. The summed E-state index contributed by atoms with van der Waals surface area (Å²) in [7, 11) is 1.67. The van der Waals surface area contributed by atoms with Crippen LogP contribution >= 0.6 is 0 Å². The lowest BCUT2D eigenvalue weighted by Gasteiger charge is -2.08. The molecule has 0 aliphatic carbocycles. The molecular formula is C17H16N2O. The number of rotatable bonds is 3. The van der Waals surface area contributed by atoms with Crippen LogP contribution in [0.2, 0.25) is 0 Å². The number of pyridine rings is 1. The molecule has 3 nitrogen and oxygen atoms in total. The second-order valence-electron chi connectivity index (χ2n) is 4.65. The van der Waals surface area contributed by atoms with Crippen molar-refractivity contribution in [2.45, 2.75) is 6.54 Å². The van der Waals surface area contributed by atoms with Gasteiger partial charge < -0.3 is 10.5 Å². The molecule has 0 radical (unpaired) electrons. The number of benzene rings is 2. The molecule has 0 atom stereocenters. The molecule has 2 N–H and O–H groups in total. The Labute approximate surface area is 118 Å². The maximum absolute atomic E-state index is 5.71. The highest BCUT2D eigenvalue weighted by molar-refractivity contribution is 5.95. The van der Waals surface area contributed by atoms with Crippen LogP contribution in [0.25, 0.3) is 22.0 Å². The van der Waals surface area contributed by atoms with E-state index in [2.05, 4.69) is 17.1 Å². The molecular weight excluding hydrogens is 248 g/mol. The lowest BCUT2D eigenvalue weighted by atomic mass is 10.0. The number of methoxy groups -OCH3 is 1. The molecule has 0 aliphatic heterocycles. The van der Waals surface area contributed by atoms with E-state index in [0.717, 1.165) is 33.3 Å². The molecule has 0 unspecified atom stereocenters. The molecule has 1 heterocycles. The van der Waals surface area contributed by atoms with Gasteiger partial charge in [0.25, 0.3) is 0 Å². The maximum Gasteiger partial charge on any atom is 0.119 e. The number of fused-ring (bicyclic) bond motifs is 1. The van der Waals surface area contributed by atoms with Crippen LogP contribution in [0.5, 0.6) is 5.75 Å². The Morgan fingerprint density at radius 1 is 1.10 bits per heavy atom. The van der Waals surface area contributed by atoms with Crippen molar-refractivity contribution in [3.63, 3.8) is 0 Å². The van der Waals surface area contributed by atoms with E-state index in [0.29, 0.717) is 6.54 Å². The van der Waals surface area contributed by atoms with Crippen LogP contribution in [0, 0.1) is 0 Å². The van der Waals surface area contributed by atoms with Crippen LogP contribution in [0.15, 0.2) is 54.7 Å². The first kappa shape index (κ1) is 12.6. The van der Waals surface area contributed by atoms with E-state index in [1.807, 2.05) is 42.6 Å². The number of hydrogen-bond acceptors (Lipinski definition) is 3. The average Bonchev–Trinajstić information content (AvgIpc) is 2.53. The van der Waals surface area contributed by atoms with Gasteiger partial charge in [0.05, 0.1) is 12.8 Å². The van der Waals surface area contributed by atoms with E-state index >= 15 is 0 Å². The van der Waals surface area contributed by atoms with Gasteiger partial charge in [-0.15, -0.1) is 0 Å². The molecule has 100 valence electrons. The summed E-state index contributed by atoms with van der Waals surface area (Å²) in [5, 5.41) is 2.23. The highest BCUT2D eigenvalue weighted by Gasteiger charge is 2.06. The summed E-state index contributed by atoms with van der Waals surface area (Å²) >= 11 is 0. The Bertz CT molecular complexity index is 753. The minimum Gasteiger partial charge on any atom is -0.497 e. The number of ether oxygens (including phenoxy) is 1. The van der Waals surface area contributed by atoms with Crippen LogP contribution in [0.4, 0.5) is 0 Å². The summed E-state index contributed by atoms with van der Waals surface area (Å²) in [5.74, 6) is 0.852. The fraction of sp³-hybridized carbons (Fsp3) is 0.118. The minimum atomic E-state index is 0.534. The predicted octanol–water partition coefficient (Wildman–Crippen LogP) is 3.37. The lowest BCUT2D eigenvalue weighted by molar-refractivity contribution is 0.415. The molecule has 2 aromatic carbocycles. The first-order valence-electron chi connectivity index (χ1n) is 6.54. The normalized spacial score (nSPS) is 10.7. The summed E-state index contributed by atoms with van der Waals surface area (Å²) < 4.78 is 5.27. The van der Waals surface area contributed by atoms with Crippen LogP contribution in [0.1, 0.15) is 5.56 Å². The summed E-state index contributed by atoms with van der Waals surface area (Å²) in [6, 6.07) is 16.2. The van der Waals surface area contributed by atoms with Crippen molar-refractivity contribution in [2.75, 3.05) is 7.11 Å². The van der Waals surface area contributed by atoms with Gasteiger partial charge in [-0.1, -0.05) is 18.2 Å². The molecule has 3 heteroatoms.